The van der Waals surface area contributed by atoms with Gasteiger partial charge in [0.05, 0.1) is 5.69 Å². The molecular formula is C13H16BrN3O3S. The molecule has 2 N–H and O–H groups in total. The molecule has 6 nitrogen and oxygen atoms in total. The van der Waals surface area contributed by atoms with E-state index in [1.54, 1.807) is 16.8 Å². The molecular weight excluding hydrogens is 358 g/mol. The maximum absolute atomic E-state index is 11.6. The molecule has 0 atom stereocenters. The van der Waals surface area contributed by atoms with Crippen molar-refractivity contribution in [2.45, 2.75) is 31.4 Å². The summed E-state index contributed by atoms with van der Waals surface area (Å²) in [5.41, 5.74) is 0.715. The van der Waals surface area contributed by atoms with Gasteiger partial charge in [-0.05, 0) is 38.1 Å². The van der Waals surface area contributed by atoms with Gasteiger partial charge in [-0.2, -0.15) is 5.10 Å². The number of sulfonamides is 1. The summed E-state index contributed by atoms with van der Waals surface area (Å²) in [4.78, 5) is -0.0554. The maximum atomic E-state index is 11.6. The molecule has 0 unspecified atom stereocenters. The summed E-state index contributed by atoms with van der Waals surface area (Å²) in [7, 11) is -3.85. The van der Waals surface area contributed by atoms with Crippen LogP contribution in [0, 0.1) is 0 Å². The lowest BCUT2D eigenvalue weighted by Crippen LogP contribution is -2.14. The van der Waals surface area contributed by atoms with Crippen LogP contribution in [-0.4, -0.2) is 18.2 Å². The molecule has 0 bridgehead atoms. The van der Waals surface area contributed by atoms with E-state index in [0.29, 0.717) is 10.2 Å². The molecule has 114 valence electrons. The predicted molar refractivity (Wildman–Crippen MR) is 82.5 cm³/mol. The summed E-state index contributed by atoms with van der Waals surface area (Å²) < 4.78 is 31.1. The summed E-state index contributed by atoms with van der Waals surface area (Å²) in [5.74, 6) is 0.208. The van der Waals surface area contributed by atoms with Gasteiger partial charge < -0.3 is 4.74 Å². The van der Waals surface area contributed by atoms with Crippen molar-refractivity contribution < 1.29 is 13.2 Å². The van der Waals surface area contributed by atoms with Crippen molar-refractivity contribution in [2.75, 3.05) is 0 Å². The highest BCUT2D eigenvalue weighted by Crippen LogP contribution is 2.27. The van der Waals surface area contributed by atoms with E-state index >= 15 is 0 Å². The molecule has 21 heavy (non-hydrogen) atoms. The quantitative estimate of drug-likeness (QED) is 0.871. The van der Waals surface area contributed by atoms with Crippen LogP contribution in [0.1, 0.15) is 25.6 Å². The molecule has 0 saturated carbocycles. The van der Waals surface area contributed by atoms with Crippen molar-refractivity contribution in [3.8, 4) is 5.75 Å². The monoisotopic (exact) mass is 373 g/mol. The molecule has 1 heterocycles. The maximum Gasteiger partial charge on any atom is 0.241 e. The van der Waals surface area contributed by atoms with Gasteiger partial charge in [0.2, 0.25) is 10.0 Å². The highest BCUT2D eigenvalue weighted by molar-refractivity contribution is 9.10. The number of hydrogen-bond donors (Lipinski definition) is 1. The summed E-state index contributed by atoms with van der Waals surface area (Å²) in [6.07, 6.45) is 1.85. The zero-order valence-electron chi connectivity index (χ0n) is 11.7. The van der Waals surface area contributed by atoms with Crippen LogP contribution in [0.25, 0.3) is 0 Å². The zero-order valence-corrected chi connectivity index (χ0v) is 14.1. The summed E-state index contributed by atoms with van der Waals surface area (Å²) in [5, 5.41) is 9.53. The first-order chi connectivity index (χ1) is 9.77. The molecule has 0 saturated heterocycles. The standard InChI is InChI=1S/C13H16BrN3O3S/c1-9(2)17-6-5-11(16-17)8-20-12-4-3-10(14)7-13(12)21(15,18)19/h3-7,9H,8H2,1-2H3,(H2,15,18,19). The Morgan fingerprint density at radius 3 is 2.67 bits per heavy atom. The van der Waals surface area contributed by atoms with Crippen LogP contribution < -0.4 is 9.88 Å². The molecule has 0 aliphatic carbocycles. The molecule has 1 aromatic carbocycles. The Hall–Kier alpha value is -1.38. The van der Waals surface area contributed by atoms with E-state index in [0.717, 1.165) is 0 Å². The molecule has 2 aromatic rings. The van der Waals surface area contributed by atoms with Crippen molar-refractivity contribution in [3.63, 3.8) is 0 Å². The summed E-state index contributed by atoms with van der Waals surface area (Å²) in [6, 6.07) is 6.75. The Morgan fingerprint density at radius 2 is 2.10 bits per heavy atom. The molecule has 0 spiro atoms. The van der Waals surface area contributed by atoms with Gasteiger partial charge in [0.1, 0.15) is 17.3 Å². The van der Waals surface area contributed by atoms with Crippen LogP contribution in [0.4, 0.5) is 0 Å². The minimum Gasteiger partial charge on any atom is -0.486 e. The molecule has 8 heteroatoms. The highest BCUT2D eigenvalue weighted by Gasteiger charge is 2.16. The average molecular weight is 374 g/mol. The van der Waals surface area contributed by atoms with Gasteiger partial charge in [-0.25, -0.2) is 13.6 Å². The number of nitrogens with two attached hydrogens (primary N) is 1. The van der Waals surface area contributed by atoms with Crippen LogP contribution >= 0.6 is 15.9 Å². The van der Waals surface area contributed by atoms with Crippen LogP contribution in [0.15, 0.2) is 39.8 Å². The fraction of sp³-hybridized carbons (Fsp3) is 0.308. The third kappa shape index (κ3) is 4.05. The van der Waals surface area contributed by atoms with Gasteiger partial charge in [-0.3, -0.25) is 4.68 Å². The summed E-state index contributed by atoms with van der Waals surface area (Å²) in [6.45, 7) is 4.21. The number of ether oxygens (including phenoxy) is 1. The minimum absolute atomic E-state index is 0.0554. The van der Waals surface area contributed by atoms with Crippen molar-refractivity contribution in [1.82, 2.24) is 9.78 Å². The van der Waals surface area contributed by atoms with Crippen molar-refractivity contribution in [1.29, 1.82) is 0 Å². The van der Waals surface area contributed by atoms with Crippen LogP contribution in [0.2, 0.25) is 0 Å². The second-order valence-electron chi connectivity index (χ2n) is 4.81. The molecule has 0 fully saturated rings. The zero-order chi connectivity index (χ0) is 15.6. The molecule has 0 aliphatic rings. The number of halogens is 1. The Balaban J connectivity index is 2.20. The van der Waals surface area contributed by atoms with Crippen LogP contribution in [-0.2, 0) is 16.6 Å². The van der Waals surface area contributed by atoms with Gasteiger partial charge in [0.15, 0.2) is 0 Å². The van der Waals surface area contributed by atoms with E-state index in [1.165, 1.54) is 6.07 Å². The number of primary sulfonamides is 1. The van der Waals surface area contributed by atoms with E-state index in [9.17, 15) is 8.42 Å². The molecule has 0 amide bonds. The first kappa shape index (κ1) is 16.0. The first-order valence-electron chi connectivity index (χ1n) is 6.26. The minimum atomic E-state index is -3.85. The summed E-state index contributed by atoms with van der Waals surface area (Å²) >= 11 is 3.21. The van der Waals surface area contributed by atoms with Gasteiger partial charge >= 0.3 is 0 Å². The third-order valence-electron chi connectivity index (χ3n) is 2.78. The van der Waals surface area contributed by atoms with E-state index in [4.69, 9.17) is 9.88 Å². The van der Waals surface area contributed by atoms with Crippen LogP contribution in [0.3, 0.4) is 0 Å². The second-order valence-corrected chi connectivity index (χ2v) is 7.25. The Labute approximate surface area is 132 Å². The number of rotatable bonds is 5. The van der Waals surface area contributed by atoms with Crippen LogP contribution in [0.5, 0.6) is 5.75 Å². The van der Waals surface area contributed by atoms with Crippen molar-refractivity contribution in [2.24, 2.45) is 5.14 Å². The third-order valence-corrected chi connectivity index (χ3v) is 4.21. The highest BCUT2D eigenvalue weighted by atomic mass is 79.9. The first-order valence-corrected chi connectivity index (χ1v) is 8.60. The van der Waals surface area contributed by atoms with Gasteiger partial charge in [0.25, 0.3) is 0 Å². The molecule has 1 aromatic heterocycles. The van der Waals surface area contributed by atoms with Gasteiger partial charge in [-0.15, -0.1) is 0 Å². The largest absolute Gasteiger partial charge is 0.486 e. The fourth-order valence-electron chi connectivity index (χ4n) is 1.72. The lowest BCUT2D eigenvalue weighted by molar-refractivity contribution is 0.291. The smallest absolute Gasteiger partial charge is 0.241 e. The van der Waals surface area contributed by atoms with Crippen molar-refractivity contribution >= 4 is 26.0 Å². The van der Waals surface area contributed by atoms with Crippen molar-refractivity contribution in [3.05, 3.63) is 40.6 Å². The topological polar surface area (TPSA) is 87.2 Å². The number of aromatic nitrogens is 2. The predicted octanol–water partition coefficient (Wildman–Crippen LogP) is 2.45. The molecule has 2 rings (SSSR count). The Kier molecular flexibility index (Phi) is 4.70. The second kappa shape index (κ2) is 6.17. The van der Waals surface area contributed by atoms with E-state index in [2.05, 4.69) is 21.0 Å². The van der Waals surface area contributed by atoms with Gasteiger partial charge in [0, 0.05) is 16.7 Å². The van der Waals surface area contributed by atoms with E-state index in [-0.39, 0.29) is 23.3 Å². The Morgan fingerprint density at radius 1 is 1.38 bits per heavy atom. The molecule has 0 aliphatic heterocycles. The van der Waals surface area contributed by atoms with E-state index < -0.39 is 10.0 Å². The fourth-order valence-corrected chi connectivity index (χ4v) is 2.93. The number of hydrogen-bond acceptors (Lipinski definition) is 4. The number of benzene rings is 1. The average Bonchev–Trinajstić information content (AvgIpc) is 2.85. The Bertz CT molecular complexity index is 741. The van der Waals surface area contributed by atoms with E-state index in [1.807, 2.05) is 26.1 Å². The van der Waals surface area contributed by atoms with Gasteiger partial charge in [-0.1, -0.05) is 15.9 Å². The lowest BCUT2D eigenvalue weighted by atomic mass is 10.3. The normalized spacial score (nSPS) is 11.9. The molecule has 0 radical (unpaired) electrons. The SMILES string of the molecule is CC(C)n1ccc(COc2ccc(Br)cc2S(N)(=O)=O)n1. The number of nitrogens with zero attached hydrogens (tertiary/aromatic N) is 2. The lowest BCUT2D eigenvalue weighted by Gasteiger charge is -2.10.